The van der Waals surface area contributed by atoms with Crippen LogP contribution in [0.25, 0.3) is 5.78 Å². The lowest BCUT2D eigenvalue weighted by molar-refractivity contribution is 0.242. The molecule has 2 aromatic rings. The lowest BCUT2D eigenvalue weighted by Crippen LogP contribution is -2.30. The molecule has 19 heavy (non-hydrogen) atoms. The van der Waals surface area contributed by atoms with Crippen LogP contribution in [-0.4, -0.2) is 39.3 Å². The van der Waals surface area contributed by atoms with Gasteiger partial charge in [0.05, 0.1) is 6.61 Å². The average molecular weight is 261 g/mol. The third kappa shape index (κ3) is 2.84. The number of nitrogens with one attached hydrogen (secondary N) is 1. The third-order valence-electron chi connectivity index (χ3n) is 3.52. The largest absolute Gasteiger partial charge is 0.477 e. The van der Waals surface area contributed by atoms with E-state index in [-0.39, 0.29) is 0 Å². The number of hydrogen-bond donors (Lipinski definition) is 1. The molecule has 6 nitrogen and oxygen atoms in total. The van der Waals surface area contributed by atoms with Crippen molar-refractivity contribution >= 4 is 5.78 Å². The van der Waals surface area contributed by atoms with Crippen molar-refractivity contribution in [2.45, 2.75) is 26.2 Å². The van der Waals surface area contributed by atoms with Gasteiger partial charge in [0.25, 0.3) is 5.78 Å². The molecule has 0 amide bonds. The maximum atomic E-state index is 5.85. The molecule has 0 bridgehead atoms. The molecule has 1 N–H and O–H groups in total. The highest BCUT2D eigenvalue weighted by atomic mass is 16.5. The van der Waals surface area contributed by atoms with Gasteiger partial charge in [-0.1, -0.05) is 0 Å². The number of ether oxygens (including phenoxy) is 1. The number of piperidine rings is 1. The van der Waals surface area contributed by atoms with Gasteiger partial charge >= 0.3 is 0 Å². The van der Waals surface area contributed by atoms with Gasteiger partial charge in [-0.15, -0.1) is 0 Å². The second-order valence-electron chi connectivity index (χ2n) is 5.06. The van der Waals surface area contributed by atoms with E-state index in [2.05, 4.69) is 20.4 Å². The molecule has 102 valence electrons. The summed E-state index contributed by atoms with van der Waals surface area (Å²) >= 11 is 0. The van der Waals surface area contributed by atoms with Crippen LogP contribution in [0.15, 0.2) is 12.4 Å². The number of rotatable bonds is 4. The first-order valence-corrected chi connectivity index (χ1v) is 6.84. The van der Waals surface area contributed by atoms with Crippen LogP contribution in [0.5, 0.6) is 5.88 Å². The SMILES string of the molecule is Cc1cc(OCCC2CCCNC2)n2ncnc2n1. The van der Waals surface area contributed by atoms with E-state index in [0.29, 0.717) is 12.4 Å². The number of aryl methyl sites for hydroxylation is 1. The molecule has 1 unspecified atom stereocenters. The average Bonchev–Trinajstić information content (AvgIpc) is 2.88. The topological polar surface area (TPSA) is 64.3 Å². The Kier molecular flexibility index (Phi) is 3.59. The molecule has 1 atom stereocenters. The van der Waals surface area contributed by atoms with E-state index >= 15 is 0 Å². The predicted octanol–water partition coefficient (Wildman–Crippen LogP) is 1.20. The lowest BCUT2D eigenvalue weighted by Gasteiger charge is -2.22. The van der Waals surface area contributed by atoms with Gasteiger partial charge in [0.15, 0.2) is 0 Å². The summed E-state index contributed by atoms with van der Waals surface area (Å²) in [6.07, 6.45) is 5.14. The van der Waals surface area contributed by atoms with Crippen molar-refractivity contribution in [3.05, 3.63) is 18.1 Å². The molecule has 0 radical (unpaired) electrons. The highest BCUT2D eigenvalue weighted by Crippen LogP contribution is 2.16. The normalized spacial score (nSPS) is 19.7. The van der Waals surface area contributed by atoms with E-state index in [1.165, 1.54) is 19.2 Å². The molecule has 0 saturated carbocycles. The van der Waals surface area contributed by atoms with Crippen molar-refractivity contribution in [1.82, 2.24) is 24.9 Å². The van der Waals surface area contributed by atoms with E-state index in [4.69, 9.17) is 4.74 Å². The Morgan fingerprint density at radius 2 is 2.47 bits per heavy atom. The summed E-state index contributed by atoms with van der Waals surface area (Å²) in [6, 6.07) is 1.90. The van der Waals surface area contributed by atoms with Crippen molar-refractivity contribution in [2.75, 3.05) is 19.7 Å². The molecule has 0 aromatic carbocycles. The molecule has 0 spiro atoms. The highest BCUT2D eigenvalue weighted by molar-refractivity contribution is 5.32. The van der Waals surface area contributed by atoms with Crippen LogP contribution in [0.4, 0.5) is 0 Å². The molecule has 3 rings (SSSR count). The van der Waals surface area contributed by atoms with Crippen LogP contribution in [0.1, 0.15) is 25.0 Å². The van der Waals surface area contributed by atoms with Gasteiger partial charge in [0.1, 0.15) is 6.33 Å². The Labute approximate surface area is 112 Å². The number of fused-ring (bicyclic) bond motifs is 1. The molecule has 1 aliphatic heterocycles. The minimum Gasteiger partial charge on any atom is -0.477 e. The summed E-state index contributed by atoms with van der Waals surface area (Å²) in [4.78, 5) is 8.38. The summed E-state index contributed by atoms with van der Waals surface area (Å²) in [5.74, 6) is 2.04. The van der Waals surface area contributed by atoms with Gasteiger partial charge in [-0.3, -0.25) is 0 Å². The molecule has 1 fully saturated rings. The van der Waals surface area contributed by atoms with Gasteiger partial charge in [-0.2, -0.15) is 14.6 Å². The maximum absolute atomic E-state index is 5.85. The van der Waals surface area contributed by atoms with Gasteiger partial charge in [-0.25, -0.2) is 4.98 Å². The van der Waals surface area contributed by atoms with Crippen LogP contribution in [0.3, 0.4) is 0 Å². The Morgan fingerprint density at radius 1 is 1.53 bits per heavy atom. The molecule has 0 aliphatic carbocycles. The summed E-state index contributed by atoms with van der Waals surface area (Å²) in [7, 11) is 0. The number of aromatic nitrogens is 4. The molecule has 2 aromatic heterocycles. The zero-order valence-corrected chi connectivity index (χ0v) is 11.2. The van der Waals surface area contributed by atoms with Gasteiger partial charge in [0, 0.05) is 11.8 Å². The third-order valence-corrected chi connectivity index (χ3v) is 3.52. The lowest BCUT2D eigenvalue weighted by atomic mass is 9.97. The summed E-state index contributed by atoms with van der Waals surface area (Å²) in [5.41, 5.74) is 0.898. The van der Waals surface area contributed by atoms with E-state index < -0.39 is 0 Å². The molecular weight excluding hydrogens is 242 g/mol. The first kappa shape index (κ1) is 12.3. The Morgan fingerprint density at radius 3 is 3.32 bits per heavy atom. The fraction of sp³-hybridized carbons (Fsp3) is 0.615. The summed E-state index contributed by atoms with van der Waals surface area (Å²) in [6.45, 7) is 4.91. The van der Waals surface area contributed by atoms with Crippen LogP contribution < -0.4 is 10.1 Å². The fourth-order valence-electron chi connectivity index (χ4n) is 2.50. The zero-order valence-electron chi connectivity index (χ0n) is 11.2. The Balaban J connectivity index is 1.63. The first-order valence-electron chi connectivity index (χ1n) is 6.84. The predicted molar refractivity (Wildman–Crippen MR) is 71.2 cm³/mol. The Hall–Kier alpha value is -1.69. The zero-order chi connectivity index (χ0) is 13.1. The van der Waals surface area contributed by atoms with E-state index in [1.807, 2.05) is 13.0 Å². The van der Waals surface area contributed by atoms with Crippen molar-refractivity contribution in [2.24, 2.45) is 5.92 Å². The van der Waals surface area contributed by atoms with Crippen LogP contribution in [0, 0.1) is 12.8 Å². The maximum Gasteiger partial charge on any atom is 0.255 e. The minimum atomic E-state index is 0.592. The summed E-state index contributed by atoms with van der Waals surface area (Å²) < 4.78 is 7.50. The molecule has 1 saturated heterocycles. The van der Waals surface area contributed by atoms with Gasteiger partial charge < -0.3 is 10.1 Å². The Bertz CT molecular complexity index is 547. The molecular formula is C13H19N5O. The van der Waals surface area contributed by atoms with E-state index in [9.17, 15) is 0 Å². The fourth-order valence-corrected chi connectivity index (χ4v) is 2.50. The van der Waals surface area contributed by atoms with Gasteiger partial charge in [-0.05, 0) is 45.2 Å². The van der Waals surface area contributed by atoms with Crippen molar-refractivity contribution in [1.29, 1.82) is 0 Å². The van der Waals surface area contributed by atoms with Crippen LogP contribution >= 0.6 is 0 Å². The monoisotopic (exact) mass is 261 g/mol. The first-order chi connectivity index (χ1) is 9.33. The van der Waals surface area contributed by atoms with Gasteiger partial charge in [0.2, 0.25) is 5.88 Å². The van der Waals surface area contributed by atoms with Crippen molar-refractivity contribution in [3.63, 3.8) is 0 Å². The standard InChI is InChI=1S/C13H19N5O/c1-10-7-12(18-13(17-10)15-9-16-18)19-6-4-11-3-2-5-14-8-11/h7,9,11,14H,2-6,8H2,1H3. The van der Waals surface area contributed by atoms with E-state index in [1.54, 1.807) is 4.52 Å². The number of hydrogen-bond acceptors (Lipinski definition) is 5. The number of nitrogens with zero attached hydrogens (tertiary/aromatic N) is 4. The molecule has 3 heterocycles. The molecule has 1 aliphatic rings. The van der Waals surface area contributed by atoms with Crippen LogP contribution in [0.2, 0.25) is 0 Å². The van der Waals surface area contributed by atoms with Crippen LogP contribution in [-0.2, 0) is 0 Å². The summed E-state index contributed by atoms with van der Waals surface area (Å²) in [5, 5.41) is 7.56. The highest BCUT2D eigenvalue weighted by Gasteiger charge is 2.13. The van der Waals surface area contributed by atoms with Crippen molar-refractivity contribution < 1.29 is 4.74 Å². The smallest absolute Gasteiger partial charge is 0.255 e. The molecule has 6 heteroatoms. The van der Waals surface area contributed by atoms with E-state index in [0.717, 1.165) is 37.0 Å². The second kappa shape index (κ2) is 5.52. The second-order valence-corrected chi connectivity index (χ2v) is 5.06. The quantitative estimate of drug-likeness (QED) is 0.896. The van der Waals surface area contributed by atoms with Crippen molar-refractivity contribution in [3.8, 4) is 5.88 Å². The minimum absolute atomic E-state index is 0.592.